The van der Waals surface area contributed by atoms with Gasteiger partial charge in [-0.2, -0.15) is 5.26 Å². The summed E-state index contributed by atoms with van der Waals surface area (Å²) in [5.41, 5.74) is 0.423. The van der Waals surface area contributed by atoms with E-state index >= 15 is 0 Å². The lowest BCUT2D eigenvalue weighted by molar-refractivity contribution is -0.122. The average molecular weight is 397 g/mol. The van der Waals surface area contributed by atoms with Crippen LogP contribution in [0.15, 0.2) is 28.1 Å². The largest absolute Gasteiger partial charge is 0.454 e. The summed E-state index contributed by atoms with van der Waals surface area (Å²) >= 11 is 4.26. The number of thiazole rings is 1. The molecule has 0 amide bonds. The number of aromatic nitrogens is 1. The molecule has 0 aliphatic rings. The van der Waals surface area contributed by atoms with Gasteiger partial charge in [0.2, 0.25) is 0 Å². The Kier molecular flexibility index (Phi) is 5.58. The van der Waals surface area contributed by atoms with E-state index in [0.717, 1.165) is 6.07 Å². The first kappa shape index (κ1) is 17.2. The number of halogens is 2. The van der Waals surface area contributed by atoms with E-state index in [0.29, 0.717) is 15.2 Å². The van der Waals surface area contributed by atoms with Crippen molar-refractivity contribution in [3.63, 3.8) is 0 Å². The fourth-order valence-electron chi connectivity index (χ4n) is 1.72. The molecule has 0 radical (unpaired) electrons. The maximum absolute atomic E-state index is 13.6. The first-order valence-electron chi connectivity index (χ1n) is 6.39. The second-order valence-corrected chi connectivity index (χ2v) is 6.36. The van der Waals surface area contributed by atoms with E-state index in [1.165, 1.54) is 23.5 Å². The van der Waals surface area contributed by atoms with Gasteiger partial charge in [0.15, 0.2) is 18.3 Å². The molecule has 1 aromatic heterocycles. The van der Waals surface area contributed by atoms with Crippen LogP contribution in [0.3, 0.4) is 0 Å². The second kappa shape index (κ2) is 7.44. The zero-order valence-electron chi connectivity index (χ0n) is 11.9. The zero-order chi connectivity index (χ0) is 17.0. The Hall–Kier alpha value is -2.11. The first-order valence-corrected chi connectivity index (χ1v) is 8.06. The first-order chi connectivity index (χ1) is 10.9. The van der Waals surface area contributed by atoms with Crippen molar-refractivity contribution in [1.82, 2.24) is 4.98 Å². The second-order valence-electron chi connectivity index (χ2n) is 4.56. The quantitative estimate of drug-likeness (QED) is 0.723. The summed E-state index contributed by atoms with van der Waals surface area (Å²) < 4.78 is 18.9. The number of benzene rings is 1. The summed E-state index contributed by atoms with van der Waals surface area (Å²) in [6, 6.07) is 5.69. The number of carbonyl (C=O) groups is 2. The normalized spacial score (nSPS) is 11.6. The molecule has 1 heterocycles. The summed E-state index contributed by atoms with van der Waals surface area (Å²) in [6.45, 7) is 1.13. The van der Waals surface area contributed by atoms with Crippen molar-refractivity contribution in [2.24, 2.45) is 0 Å². The molecule has 0 unspecified atom stereocenters. The number of rotatable bonds is 5. The van der Waals surface area contributed by atoms with Gasteiger partial charge in [0.1, 0.15) is 10.8 Å². The molecule has 0 saturated carbocycles. The highest BCUT2D eigenvalue weighted by Gasteiger charge is 2.25. The van der Waals surface area contributed by atoms with Gasteiger partial charge in [-0.1, -0.05) is 15.9 Å². The minimum absolute atomic E-state index is 0.278. The van der Waals surface area contributed by atoms with E-state index in [-0.39, 0.29) is 5.56 Å². The fourth-order valence-corrected chi connectivity index (χ4v) is 2.92. The van der Waals surface area contributed by atoms with Crippen LogP contribution in [0.2, 0.25) is 0 Å². The molecule has 0 aliphatic carbocycles. The van der Waals surface area contributed by atoms with Gasteiger partial charge in [0, 0.05) is 15.5 Å². The number of nitrogens with zero attached hydrogens (tertiary/aromatic N) is 2. The third kappa shape index (κ3) is 4.21. The number of Topliss-reactive ketones (excluding diaryl/α,β-unsaturated/α-hetero) is 1. The van der Waals surface area contributed by atoms with Gasteiger partial charge in [0.25, 0.3) is 0 Å². The van der Waals surface area contributed by atoms with Crippen molar-refractivity contribution in [1.29, 1.82) is 5.26 Å². The van der Waals surface area contributed by atoms with Crippen LogP contribution in [-0.4, -0.2) is 23.3 Å². The van der Waals surface area contributed by atoms with Crippen LogP contribution in [0.4, 0.5) is 4.39 Å². The molecule has 0 fully saturated rings. The van der Waals surface area contributed by atoms with Crippen LogP contribution in [0.5, 0.6) is 0 Å². The van der Waals surface area contributed by atoms with Crippen LogP contribution in [0.1, 0.15) is 27.0 Å². The molecule has 0 saturated heterocycles. The van der Waals surface area contributed by atoms with Crippen molar-refractivity contribution in [2.45, 2.75) is 12.8 Å². The van der Waals surface area contributed by atoms with Crippen LogP contribution < -0.4 is 0 Å². The van der Waals surface area contributed by atoms with E-state index in [2.05, 4.69) is 20.9 Å². The van der Waals surface area contributed by atoms with Gasteiger partial charge in [-0.25, -0.2) is 14.2 Å². The van der Waals surface area contributed by atoms with E-state index < -0.39 is 30.1 Å². The molecular formula is C15H10BrFN2O3S. The molecule has 8 heteroatoms. The van der Waals surface area contributed by atoms with Gasteiger partial charge in [-0.3, -0.25) is 4.79 Å². The highest BCUT2D eigenvalue weighted by molar-refractivity contribution is 9.10. The summed E-state index contributed by atoms with van der Waals surface area (Å²) in [4.78, 5) is 27.9. The molecule has 1 aromatic carbocycles. The standard InChI is InChI=1S/C15H10BrFN2O3S/c1-8-7-23-14(19-8)11(5-18)13(20)6-22-15(21)10-3-2-9(16)4-12(10)17/h2-4,7,11H,6H2,1H3/t11-/m1/s1. The van der Waals surface area contributed by atoms with Crippen LogP contribution >= 0.6 is 27.3 Å². The van der Waals surface area contributed by atoms with Crippen LogP contribution in [-0.2, 0) is 9.53 Å². The van der Waals surface area contributed by atoms with Crippen molar-refractivity contribution < 1.29 is 18.7 Å². The van der Waals surface area contributed by atoms with Gasteiger partial charge in [0.05, 0.1) is 11.6 Å². The average Bonchev–Trinajstić information content (AvgIpc) is 2.92. The Morgan fingerprint density at radius 1 is 1.52 bits per heavy atom. The number of esters is 1. The third-order valence-electron chi connectivity index (χ3n) is 2.83. The summed E-state index contributed by atoms with van der Waals surface area (Å²) in [7, 11) is 0. The molecule has 1 atom stereocenters. The summed E-state index contributed by atoms with van der Waals surface area (Å²) in [5.74, 6) is -3.43. The molecule has 0 spiro atoms. The summed E-state index contributed by atoms with van der Waals surface area (Å²) in [6.07, 6.45) is 0. The Labute approximate surface area is 143 Å². The van der Waals surface area contributed by atoms with Crippen molar-refractivity contribution in [2.75, 3.05) is 6.61 Å². The van der Waals surface area contributed by atoms with E-state index in [4.69, 9.17) is 10.00 Å². The molecule has 2 rings (SSSR count). The molecule has 5 nitrogen and oxygen atoms in total. The fraction of sp³-hybridized carbons (Fsp3) is 0.200. The molecule has 0 bridgehead atoms. The van der Waals surface area contributed by atoms with Crippen LogP contribution in [0.25, 0.3) is 0 Å². The maximum atomic E-state index is 13.6. The minimum Gasteiger partial charge on any atom is -0.454 e. The lowest BCUT2D eigenvalue weighted by atomic mass is 10.1. The lowest BCUT2D eigenvalue weighted by Gasteiger charge is -2.07. The van der Waals surface area contributed by atoms with Crippen molar-refractivity contribution >= 4 is 39.0 Å². The van der Waals surface area contributed by atoms with Gasteiger partial charge in [-0.05, 0) is 25.1 Å². The number of ether oxygens (including phenoxy) is 1. The highest BCUT2D eigenvalue weighted by atomic mass is 79.9. The van der Waals surface area contributed by atoms with Gasteiger partial charge >= 0.3 is 5.97 Å². The van der Waals surface area contributed by atoms with E-state index in [1.54, 1.807) is 12.3 Å². The molecule has 23 heavy (non-hydrogen) atoms. The molecule has 2 aromatic rings. The highest BCUT2D eigenvalue weighted by Crippen LogP contribution is 2.21. The molecular weight excluding hydrogens is 387 g/mol. The van der Waals surface area contributed by atoms with Crippen molar-refractivity contribution in [3.05, 3.63) is 50.1 Å². The van der Waals surface area contributed by atoms with Gasteiger partial charge < -0.3 is 4.74 Å². The monoisotopic (exact) mass is 396 g/mol. The Balaban J connectivity index is 2.03. The predicted octanol–water partition coefficient (Wildman–Crippen LogP) is 3.39. The maximum Gasteiger partial charge on any atom is 0.341 e. The number of aryl methyl sites for hydroxylation is 1. The number of ketones is 1. The minimum atomic E-state index is -1.10. The Morgan fingerprint density at radius 3 is 2.83 bits per heavy atom. The molecule has 0 N–H and O–H groups in total. The number of hydrogen-bond donors (Lipinski definition) is 0. The zero-order valence-corrected chi connectivity index (χ0v) is 14.3. The SMILES string of the molecule is Cc1csc([C@H](C#N)C(=O)COC(=O)c2ccc(Br)cc2F)n1. The Bertz CT molecular complexity index is 800. The molecule has 118 valence electrons. The lowest BCUT2D eigenvalue weighted by Crippen LogP contribution is -2.20. The predicted molar refractivity (Wildman–Crippen MR) is 84.6 cm³/mol. The summed E-state index contributed by atoms with van der Waals surface area (Å²) in [5, 5.41) is 11.2. The third-order valence-corrected chi connectivity index (χ3v) is 4.35. The number of hydrogen-bond acceptors (Lipinski definition) is 6. The topological polar surface area (TPSA) is 80.0 Å². The van der Waals surface area contributed by atoms with E-state index in [1.807, 2.05) is 6.07 Å². The van der Waals surface area contributed by atoms with Gasteiger partial charge in [-0.15, -0.1) is 11.3 Å². The van der Waals surface area contributed by atoms with E-state index in [9.17, 15) is 14.0 Å². The van der Waals surface area contributed by atoms with Crippen molar-refractivity contribution in [3.8, 4) is 6.07 Å². The number of carbonyl (C=O) groups excluding carboxylic acids is 2. The van der Waals surface area contributed by atoms with Crippen LogP contribution in [0, 0.1) is 24.1 Å². The smallest absolute Gasteiger partial charge is 0.341 e. The Morgan fingerprint density at radius 2 is 2.26 bits per heavy atom. The molecule has 0 aliphatic heterocycles. The number of nitriles is 1.